The number of nitrogens with zero attached hydrogens (tertiary/aromatic N) is 2. The van der Waals surface area contributed by atoms with Gasteiger partial charge in [0, 0.05) is 12.2 Å². The monoisotopic (exact) mass is 194 g/mol. The molecular weight excluding hydrogens is 180 g/mol. The molecule has 2 heterocycles. The highest BCUT2D eigenvalue weighted by Crippen LogP contribution is 2.21. The Morgan fingerprint density at radius 2 is 2.36 bits per heavy atom. The van der Waals surface area contributed by atoms with E-state index in [1.807, 2.05) is 11.5 Å². The molecule has 4 heteroatoms. The number of rotatable bonds is 2. The highest BCUT2D eigenvalue weighted by atomic mass is 16.4. The van der Waals surface area contributed by atoms with Crippen LogP contribution >= 0.6 is 0 Å². The van der Waals surface area contributed by atoms with Gasteiger partial charge in [-0.05, 0) is 25.7 Å². The Kier molecular flexibility index (Phi) is 2.27. The molecule has 0 unspecified atom stereocenters. The first-order chi connectivity index (χ1) is 6.74. The number of hydrogen-bond acceptors (Lipinski definition) is 2. The van der Waals surface area contributed by atoms with E-state index in [1.165, 1.54) is 0 Å². The molecule has 0 spiro atoms. The fourth-order valence-corrected chi connectivity index (χ4v) is 2.07. The summed E-state index contributed by atoms with van der Waals surface area (Å²) in [6.07, 6.45) is 4.01. The van der Waals surface area contributed by atoms with Crippen molar-refractivity contribution in [2.45, 2.75) is 39.2 Å². The van der Waals surface area contributed by atoms with Crippen LogP contribution in [0.5, 0.6) is 0 Å². The molecule has 0 fully saturated rings. The average Bonchev–Trinajstić information content (AvgIpc) is 2.56. The normalized spacial score (nSPS) is 15.2. The molecule has 0 radical (unpaired) electrons. The van der Waals surface area contributed by atoms with Crippen molar-refractivity contribution in [2.75, 3.05) is 0 Å². The highest BCUT2D eigenvalue weighted by molar-refractivity contribution is 5.84. The van der Waals surface area contributed by atoms with Crippen LogP contribution in [0.2, 0.25) is 0 Å². The Balaban J connectivity index is 2.52. The lowest BCUT2D eigenvalue weighted by Crippen LogP contribution is -2.16. The van der Waals surface area contributed by atoms with Gasteiger partial charge in [-0.2, -0.15) is 0 Å². The third-order valence-corrected chi connectivity index (χ3v) is 2.73. The van der Waals surface area contributed by atoms with E-state index >= 15 is 0 Å². The van der Waals surface area contributed by atoms with E-state index in [0.717, 1.165) is 43.6 Å². The fraction of sp³-hybridized carbons (Fsp3) is 0.600. The number of aromatic nitrogens is 2. The van der Waals surface area contributed by atoms with E-state index in [9.17, 15) is 4.79 Å². The molecule has 0 bridgehead atoms. The summed E-state index contributed by atoms with van der Waals surface area (Å²) in [7, 11) is 0. The lowest BCUT2D eigenvalue weighted by molar-refractivity contribution is 0.0677. The van der Waals surface area contributed by atoms with Crippen LogP contribution in [0.25, 0.3) is 0 Å². The fourth-order valence-electron chi connectivity index (χ4n) is 2.07. The first-order valence-corrected chi connectivity index (χ1v) is 5.05. The molecule has 0 saturated heterocycles. The van der Waals surface area contributed by atoms with Crippen LogP contribution in [-0.4, -0.2) is 20.6 Å². The molecule has 1 N–H and O–H groups in total. The summed E-state index contributed by atoms with van der Waals surface area (Å²) in [4.78, 5) is 15.1. The molecule has 4 nitrogen and oxygen atoms in total. The predicted octanol–water partition coefficient (Wildman–Crippen LogP) is 1.48. The van der Waals surface area contributed by atoms with Gasteiger partial charge < -0.3 is 9.67 Å². The third-order valence-electron chi connectivity index (χ3n) is 2.73. The lowest BCUT2D eigenvalue weighted by atomic mass is 10.1. The van der Waals surface area contributed by atoms with Crippen LogP contribution < -0.4 is 0 Å². The Morgan fingerprint density at radius 3 is 3.00 bits per heavy atom. The second kappa shape index (κ2) is 3.44. The Morgan fingerprint density at radius 1 is 1.57 bits per heavy atom. The third kappa shape index (κ3) is 1.31. The number of carbonyl (C=O) groups is 1. The zero-order valence-corrected chi connectivity index (χ0v) is 8.29. The second-order valence-electron chi connectivity index (χ2n) is 3.60. The summed E-state index contributed by atoms with van der Waals surface area (Å²) in [6, 6.07) is 0. The van der Waals surface area contributed by atoms with Crippen molar-refractivity contribution in [3.05, 3.63) is 17.2 Å². The predicted molar refractivity (Wildman–Crippen MR) is 51.5 cm³/mol. The van der Waals surface area contributed by atoms with Crippen molar-refractivity contribution < 1.29 is 9.90 Å². The first-order valence-electron chi connectivity index (χ1n) is 5.05. The van der Waals surface area contributed by atoms with Gasteiger partial charge in [0.2, 0.25) is 5.82 Å². The molecule has 1 aliphatic heterocycles. The molecule has 0 aromatic carbocycles. The number of carboxylic acids is 1. The molecule has 0 atom stereocenters. The minimum atomic E-state index is -0.909. The largest absolute Gasteiger partial charge is 0.475 e. The van der Waals surface area contributed by atoms with E-state index in [-0.39, 0.29) is 5.82 Å². The zero-order chi connectivity index (χ0) is 10.1. The van der Waals surface area contributed by atoms with Crippen molar-refractivity contribution in [1.82, 2.24) is 9.55 Å². The van der Waals surface area contributed by atoms with Gasteiger partial charge in [-0.3, -0.25) is 0 Å². The maximum Gasteiger partial charge on any atom is 0.372 e. The molecule has 1 aliphatic rings. The second-order valence-corrected chi connectivity index (χ2v) is 3.60. The van der Waals surface area contributed by atoms with E-state index < -0.39 is 5.97 Å². The van der Waals surface area contributed by atoms with Crippen molar-refractivity contribution in [3.8, 4) is 0 Å². The first kappa shape index (κ1) is 9.24. The van der Waals surface area contributed by atoms with Gasteiger partial charge in [-0.25, -0.2) is 9.78 Å². The number of carboxylic acid groups (broad SMARTS) is 1. The highest BCUT2D eigenvalue weighted by Gasteiger charge is 2.22. The quantitative estimate of drug-likeness (QED) is 0.775. The number of imidazole rings is 1. The number of hydrogen-bond donors (Lipinski definition) is 1. The topological polar surface area (TPSA) is 55.1 Å². The average molecular weight is 194 g/mol. The molecular formula is C10H14N2O2. The molecule has 0 amide bonds. The van der Waals surface area contributed by atoms with Crippen molar-refractivity contribution in [3.63, 3.8) is 0 Å². The standard InChI is InChI=1S/C10H14N2O2/c1-2-7-8-5-3-4-6-12(8)9(11-7)10(13)14/h2-6H2,1H3,(H,13,14). The smallest absolute Gasteiger partial charge is 0.372 e. The van der Waals surface area contributed by atoms with E-state index in [4.69, 9.17) is 5.11 Å². The van der Waals surface area contributed by atoms with Gasteiger partial charge >= 0.3 is 5.97 Å². The molecule has 14 heavy (non-hydrogen) atoms. The van der Waals surface area contributed by atoms with Gasteiger partial charge in [-0.1, -0.05) is 6.92 Å². The Bertz CT molecular complexity index is 368. The van der Waals surface area contributed by atoms with Gasteiger partial charge in [0.05, 0.1) is 5.69 Å². The number of aromatic carboxylic acids is 1. The minimum absolute atomic E-state index is 0.219. The Labute approximate surface area is 82.6 Å². The Hall–Kier alpha value is -1.32. The molecule has 1 aromatic rings. The van der Waals surface area contributed by atoms with Crippen LogP contribution in [0, 0.1) is 0 Å². The van der Waals surface area contributed by atoms with Crippen LogP contribution in [-0.2, 0) is 19.4 Å². The van der Waals surface area contributed by atoms with Crippen molar-refractivity contribution >= 4 is 5.97 Å². The summed E-state index contributed by atoms with van der Waals surface area (Å²) < 4.78 is 1.87. The SMILES string of the molecule is CCc1nc(C(=O)O)n2c1CCCC2. The van der Waals surface area contributed by atoms with Gasteiger partial charge in [0.15, 0.2) is 0 Å². The van der Waals surface area contributed by atoms with E-state index in [0.29, 0.717) is 0 Å². The summed E-state index contributed by atoms with van der Waals surface area (Å²) in [5.74, 6) is -0.690. The van der Waals surface area contributed by atoms with Gasteiger partial charge in [-0.15, -0.1) is 0 Å². The summed E-state index contributed by atoms with van der Waals surface area (Å²) in [5.41, 5.74) is 2.10. The van der Waals surface area contributed by atoms with Crippen LogP contribution in [0.4, 0.5) is 0 Å². The molecule has 0 saturated carbocycles. The van der Waals surface area contributed by atoms with Crippen molar-refractivity contribution in [1.29, 1.82) is 0 Å². The summed E-state index contributed by atoms with van der Waals surface area (Å²) in [6.45, 7) is 2.83. The molecule has 0 aliphatic carbocycles. The molecule has 2 rings (SSSR count). The van der Waals surface area contributed by atoms with Crippen LogP contribution in [0.15, 0.2) is 0 Å². The number of aryl methyl sites for hydroxylation is 1. The zero-order valence-electron chi connectivity index (χ0n) is 8.29. The summed E-state index contributed by atoms with van der Waals surface area (Å²) in [5, 5.41) is 8.97. The molecule has 1 aromatic heterocycles. The maximum absolute atomic E-state index is 10.9. The lowest BCUT2D eigenvalue weighted by Gasteiger charge is -2.15. The van der Waals surface area contributed by atoms with Gasteiger partial charge in [0.25, 0.3) is 0 Å². The van der Waals surface area contributed by atoms with E-state index in [2.05, 4.69) is 4.98 Å². The minimum Gasteiger partial charge on any atom is -0.475 e. The van der Waals surface area contributed by atoms with E-state index in [1.54, 1.807) is 0 Å². The maximum atomic E-state index is 10.9. The molecule has 76 valence electrons. The van der Waals surface area contributed by atoms with Crippen LogP contribution in [0.1, 0.15) is 41.8 Å². The van der Waals surface area contributed by atoms with Crippen LogP contribution in [0.3, 0.4) is 0 Å². The van der Waals surface area contributed by atoms with Gasteiger partial charge in [0.1, 0.15) is 0 Å². The van der Waals surface area contributed by atoms with Crippen molar-refractivity contribution in [2.24, 2.45) is 0 Å². The number of fused-ring (bicyclic) bond motifs is 1. The summed E-state index contributed by atoms with van der Waals surface area (Å²) >= 11 is 0.